The minimum atomic E-state index is 0.0256. The van der Waals surface area contributed by atoms with Crippen molar-refractivity contribution in [2.45, 2.75) is 57.4 Å². The molecule has 32 heavy (non-hydrogen) atoms. The van der Waals surface area contributed by atoms with Crippen molar-refractivity contribution in [3.05, 3.63) is 63.4 Å². The molecule has 1 aliphatic heterocycles. The van der Waals surface area contributed by atoms with Crippen LogP contribution >= 0.6 is 15.9 Å². The highest BCUT2D eigenvalue weighted by atomic mass is 79.9. The van der Waals surface area contributed by atoms with Crippen molar-refractivity contribution in [2.75, 3.05) is 13.1 Å². The third-order valence-electron chi connectivity index (χ3n) is 7.60. The number of halogens is 1. The van der Waals surface area contributed by atoms with Gasteiger partial charge in [0.25, 0.3) is 11.8 Å². The molecule has 1 saturated heterocycles. The summed E-state index contributed by atoms with van der Waals surface area (Å²) in [7, 11) is 0. The molecule has 3 unspecified atom stereocenters. The molecule has 2 amide bonds. The topological polar surface area (TPSA) is 62.3 Å². The molecule has 2 aromatic rings. The van der Waals surface area contributed by atoms with Crippen LogP contribution in [0.4, 0.5) is 0 Å². The first-order chi connectivity index (χ1) is 15.5. The number of piperidine rings is 1. The molecule has 2 saturated carbocycles. The van der Waals surface area contributed by atoms with E-state index in [4.69, 9.17) is 4.98 Å². The second kappa shape index (κ2) is 8.97. The Labute approximate surface area is 198 Å². The van der Waals surface area contributed by atoms with Gasteiger partial charge in [0, 0.05) is 40.8 Å². The molecule has 0 radical (unpaired) electrons. The molecule has 1 N–H and O–H groups in total. The fourth-order valence-corrected chi connectivity index (χ4v) is 6.31. The van der Waals surface area contributed by atoms with Crippen LogP contribution in [-0.2, 0) is 0 Å². The second-order valence-electron chi connectivity index (χ2n) is 9.72. The number of likely N-dealkylation sites (tertiary alicyclic amines) is 1. The SMILES string of the molecule is Cc1ccc(C(=O)NC2CC3CCC2C3)c(C2CCN(C(=O)c3cccc(Br)c3)CC2)n1. The Bertz CT molecular complexity index is 1030. The predicted molar refractivity (Wildman–Crippen MR) is 128 cm³/mol. The van der Waals surface area contributed by atoms with Gasteiger partial charge in [0.05, 0.1) is 11.3 Å². The zero-order valence-electron chi connectivity index (χ0n) is 18.5. The van der Waals surface area contributed by atoms with Gasteiger partial charge in [-0.2, -0.15) is 0 Å². The van der Waals surface area contributed by atoms with Gasteiger partial charge >= 0.3 is 0 Å². The van der Waals surface area contributed by atoms with Gasteiger partial charge in [-0.1, -0.05) is 28.4 Å². The van der Waals surface area contributed by atoms with Crippen LogP contribution in [0.15, 0.2) is 40.9 Å². The highest BCUT2D eigenvalue weighted by Crippen LogP contribution is 2.44. The molecule has 168 valence electrons. The lowest BCUT2D eigenvalue weighted by atomic mass is 9.89. The number of nitrogens with zero attached hydrogens (tertiary/aromatic N) is 2. The van der Waals surface area contributed by atoms with E-state index in [1.807, 2.05) is 48.2 Å². The van der Waals surface area contributed by atoms with Crippen molar-refractivity contribution in [2.24, 2.45) is 11.8 Å². The fraction of sp³-hybridized carbons (Fsp3) is 0.500. The lowest BCUT2D eigenvalue weighted by Crippen LogP contribution is -2.40. The van der Waals surface area contributed by atoms with Gasteiger partial charge in [0.15, 0.2) is 0 Å². The Hall–Kier alpha value is -2.21. The zero-order chi connectivity index (χ0) is 22.2. The fourth-order valence-electron chi connectivity index (χ4n) is 5.91. The second-order valence-corrected chi connectivity index (χ2v) is 10.6. The Balaban J connectivity index is 1.27. The summed E-state index contributed by atoms with van der Waals surface area (Å²) >= 11 is 3.45. The summed E-state index contributed by atoms with van der Waals surface area (Å²) < 4.78 is 0.910. The number of carbonyl (C=O) groups excluding carboxylic acids is 2. The molecular formula is C26H30BrN3O2. The molecule has 3 aliphatic rings. The minimum absolute atomic E-state index is 0.0256. The van der Waals surface area contributed by atoms with Crippen molar-refractivity contribution in [3.8, 4) is 0 Å². The average Bonchev–Trinajstić information content (AvgIpc) is 3.42. The number of pyridine rings is 1. The molecular weight excluding hydrogens is 466 g/mol. The maximum atomic E-state index is 13.2. The van der Waals surface area contributed by atoms with Gasteiger partial charge in [-0.15, -0.1) is 0 Å². The van der Waals surface area contributed by atoms with Crippen molar-refractivity contribution >= 4 is 27.7 Å². The molecule has 1 aromatic heterocycles. The van der Waals surface area contributed by atoms with E-state index in [9.17, 15) is 9.59 Å². The van der Waals surface area contributed by atoms with Crippen LogP contribution in [0.3, 0.4) is 0 Å². The first-order valence-corrected chi connectivity index (χ1v) is 12.6. The van der Waals surface area contributed by atoms with Gasteiger partial charge in [-0.25, -0.2) is 0 Å². The molecule has 3 fully saturated rings. The summed E-state index contributed by atoms with van der Waals surface area (Å²) in [5.41, 5.74) is 3.26. The van der Waals surface area contributed by atoms with Crippen LogP contribution in [0, 0.1) is 18.8 Å². The van der Waals surface area contributed by atoms with Crippen LogP contribution in [0.1, 0.15) is 76.5 Å². The molecule has 2 aliphatic carbocycles. The van der Waals surface area contributed by atoms with E-state index in [2.05, 4.69) is 21.2 Å². The maximum absolute atomic E-state index is 13.2. The average molecular weight is 496 g/mol. The Morgan fingerprint density at radius 3 is 2.56 bits per heavy atom. The Kier molecular flexibility index (Phi) is 6.06. The molecule has 5 nitrogen and oxygen atoms in total. The molecule has 2 bridgehead atoms. The summed E-state index contributed by atoms with van der Waals surface area (Å²) in [4.78, 5) is 32.9. The number of amides is 2. The van der Waals surface area contributed by atoms with Crippen LogP contribution in [-0.4, -0.2) is 40.8 Å². The van der Waals surface area contributed by atoms with Gasteiger partial charge < -0.3 is 10.2 Å². The van der Waals surface area contributed by atoms with Crippen LogP contribution in [0.25, 0.3) is 0 Å². The Morgan fingerprint density at radius 1 is 1.06 bits per heavy atom. The van der Waals surface area contributed by atoms with E-state index in [0.717, 1.165) is 46.6 Å². The van der Waals surface area contributed by atoms with Crippen LogP contribution in [0.2, 0.25) is 0 Å². The smallest absolute Gasteiger partial charge is 0.253 e. The monoisotopic (exact) mass is 495 g/mol. The zero-order valence-corrected chi connectivity index (χ0v) is 20.1. The maximum Gasteiger partial charge on any atom is 0.253 e. The van der Waals surface area contributed by atoms with Gasteiger partial charge in [0.2, 0.25) is 0 Å². The number of aryl methyl sites for hydroxylation is 1. The number of nitrogens with one attached hydrogen (secondary N) is 1. The van der Waals surface area contributed by atoms with Crippen molar-refractivity contribution in [1.29, 1.82) is 0 Å². The van der Waals surface area contributed by atoms with E-state index in [1.54, 1.807) is 0 Å². The van der Waals surface area contributed by atoms with E-state index in [0.29, 0.717) is 30.6 Å². The van der Waals surface area contributed by atoms with Gasteiger partial charge in [0.1, 0.15) is 0 Å². The van der Waals surface area contributed by atoms with E-state index in [-0.39, 0.29) is 17.7 Å². The molecule has 5 rings (SSSR count). The first-order valence-electron chi connectivity index (χ1n) is 11.8. The summed E-state index contributed by atoms with van der Waals surface area (Å²) in [5, 5.41) is 3.33. The summed E-state index contributed by atoms with van der Waals surface area (Å²) in [6.07, 6.45) is 6.62. The molecule has 3 atom stereocenters. The van der Waals surface area contributed by atoms with Crippen molar-refractivity contribution in [3.63, 3.8) is 0 Å². The normalized spacial score (nSPS) is 25.2. The number of hydrogen-bond acceptors (Lipinski definition) is 3. The number of rotatable bonds is 4. The lowest BCUT2D eigenvalue weighted by molar-refractivity contribution is 0.0710. The first kappa shape index (κ1) is 21.6. The molecule has 6 heteroatoms. The largest absolute Gasteiger partial charge is 0.349 e. The van der Waals surface area contributed by atoms with Gasteiger partial charge in [-0.3, -0.25) is 14.6 Å². The van der Waals surface area contributed by atoms with Crippen molar-refractivity contribution < 1.29 is 9.59 Å². The minimum Gasteiger partial charge on any atom is -0.349 e. The summed E-state index contributed by atoms with van der Waals surface area (Å²) in [5.74, 6) is 1.74. The standard InChI is InChI=1S/C26H30BrN3O2/c1-16-5-8-22(25(31)29-23-14-17-6-7-19(23)13-17)24(28-16)18-9-11-30(12-10-18)26(32)20-3-2-4-21(27)15-20/h2-5,8,15,17-19,23H,6-7,9-14H2,1H3,(H,29,31). The Morgan fingerprint density at radius 2 is 1.88 bits per heavy atom. The number of carbonyl (C=O) groups is 2. The number of hydrogen-bond donors (Lipinski definition) is 1. The van der Waals surface area contributed by atoms with Crippen LogP contribution < -0.4 is 5.32 Å². The number of benzene rings is 1. The number of aromatic nitrogens is 1. The quantitative estimate of drug-likeness (QED) is 0.642. The summed E-state index contributed by atoms with van der Waals surface area (Å²) in [6.45, 7) is 3.34. The highest BCUT2D eigenvalue weighted by Gasteiger charge is 2.40. The van der Waals surface area contributed by atoms with Crippen molar-refractivity contribution in [1.82, 2.24) is 15.2 Å². The predicted octanol–water partition coefficient (Wildman–Crippen LogP) is 5.09. The number of fused-ring (bicyclic) bond motifs is 2. The third kappa shape index (κ3) is 4.34. The van der Waals surface area contributed by atoms with E-state index < -0.39 is 0 Å². The van der Waals surface area contributed by atoms with E-state index in [1.165, 1.54) is 19.3 Å². The third-order valence-corrected chi connectivity index (χ3v) is 8.10. The lowest BCUT2D eigenvalue weighted by Gasteiger charge is -2.33. The molecule has 1 aromatic carbocycles. The summed E-state index contributed by atoms with van der Waals surface area (Å²) in [6, 6.07) is 11.7. The molecule has 0 spiro atoms. The van der Waals surface area contributed by atoms with Gasteiger partial charge in [-0.05, 0) is 81.2 Å². The van der Waals surface area contributed by atoms with E-state index >= 15 is 0 Å². The molecule has 2 heterocycles. The highest BCUT2D eigenvalue weighted by molar-refractivity contribution is 9.10. The van der Waals surface area contributed by atoms with Crippen LogP contribution in [0.5, 0.6) is 0 Å².